The van der Waals surface area contributed by atoms with Gasteiger partial charge < -0.3 is 4.74 Å². The third-order valence-electron chi connectivity index (χ3n) is 6.81. The van der Waals surface area contributed by atoms with Crippen molar-refractivity contribution in [3.63, 3.8) is 0 Å². The first kappa shape index (κ1) is 27.6. The number of rotatable bonds is 6. The molecule has 1 aromatic heterocycles. The number of hydrogen-bond acceptors (Lipinski definition) is 5. The second-order valence-electron chi connectivity index (χ2n) is 9.84. The maximum absolute atomic E-state index is 12.9. The molecular formula is C30H27F3N4O2S. The van der Waals surface area contributed by atoms with Crippen molar-refractivity contribution in [2.75, 3.05) is 5.75 Å². The van der Waals surface area contributed by atoms with Gasteiger partial charge in [0.2, 0.25) is 0 Å². The third-order valence-corrected chi connectivity index (χ3v) is 8.14. The maximum Gasteiger partial charge on any atom is 0.573 e. The lowest BCUT2D eigenvalue weighted by atomic mass is 9.84. The molecule has 0 radical (unpaired) electrons. The Kier molecular flexibility index (Phi) is 7.80. The second kappa shape index (κ2) is 11.3. The van der Waals surface area contributed by atoms with Gasteiger partial charge in [0.05, 0.1) is 17.2 Å². The highest BCUT2D eigenvalue weighted by atomic mass is 32.2. The van der Waals surface area contributed by atoms with Crippen molar-refractivity contribution in [2.45, 2.75) is 39.5 Å². The van der Waals surface area contributed by atoms with Crippen LogP contribution in [0.25, 0.3) is 17.1 Å². The SMILES string of the molecule is Cc1cccc(C)c1C1C(=NC(=O)Cc2ccc(-c3ncn(-c4ccc(OC(F)(F)F)cc4)n3)cc2)SCC1C. The van der Waals surface area contributed by atoms with E-state index in [0.29, 0.717) is 17.4 Å². The fourth-order valence-corrected chi connectivity index (χ4v) is 6.23. The van der Waals surface area contributed by atoms with Crippen LogP contribution in [0.2, 0.25) is 0 Å². The van der Waals surface area contributed by atoms with Gasteiger partial charge in [-0.3, -0.25) is 4.79 Å². The molecule has 2 atom stereocenters. The zero-order valence-corrected chi connectivity index (χ0v) is 23.0. The number of ether oxygens (including phenoxy) is 1. The number of carbonyl (C=O) groups is 1. The molecule has 10 heteroatoms. The van der Waals surface area contributed by atoms with Crippen LogP contribution >= 0.6 is 11.8 Å². The van der Waals surface area contributed by atoms with E-state index in [2.05, 4.69) is 58.8 Å². The molecule has 1 aliphatic heterocycles. The summed E-state index contributed by atoms with van der Waals surface area (Å²) < 4.78 is 42.5. The Morgan fingerprint density at radius 3 is 2.38 bits per heavy atom. The van der Waals surface area contributed by atoms with Crippen molar-refractivity contribution in [3.8, 4) is 22.8 Å². The van der Waals surface area contributed by atoms with Crippen molar-refractivity contribution in [1.29, 1.82) is 0 Å². The fraction of sp³-hybridized carbons (Fsp3) is 0.267. The minimum Gasteiger partial charge on any atom is -0.406 e. The number of thioether (sulfide) groups is 1. The van der Waals surface area contributed by atoms with Crippen LogP contribution in [0.1, 0.15) is 35.1 Å². The van der Waals surface area contributed by atoms with Crippen molar-refractivity contribution in [2.24, 2.45) is 10.9 Å². The van der Waals surface area contributed by atoms with Gasteiger partial charge >= 0.3 is 6.36 Å². The molecule has 3 aromatic carbocycles. The number of aliphatic imine (C=N–C) groups is 1. The van der Waals surface area contributed by atoms with Crippen molar-refractivity contribution in [1.82, 2.24) is 14.8 Å². The van der Waals surface area contributed by atoms with Gasteiger partial charge in [-0.25, -0.2) is 14.7 Å². The predicted molar refractivity (Wildman–Crippen MR) is 150 cm³/mol. The second-order valence-corrected chi connectivity index (χ2v) is 10.9. The van der Waals surface area contributed by atoms with Crippen molar-refractivity contribution in [3.05, 3.63) is 95.3 Å². The Morgan fingerprint density at radius 1 is 1.05 bits per heavy atom. The topological polar surface area (TPSA) is 69.4 Å². The summed E-state index contributed by atoms with van der Waals surface area (Å²) >= 11 is 1.67. The van der Waals surface area contributed by atoms with E-state index in [9.17, 15) is 18.0 Å². The molecule has 2 unspecified atom stereocenters. The highest BCUT2D eigenvalue weighted by molar-refractivity contribution is 8.14. The van der Waals surface area contributed by atoms with Crippen molar-refractivity contribution >= 4 is 22.7 Å². The number of alkyl halides is 3. The summed E-state index contributed by atoms with van der Waals surface area (Å²) in [7, 11) is 0. The van der Waals surface area contributed by atoms with Crippen LogP contribution in [0.3, 0.4) is 0 Å². The Bertz CT molecular complexity index is 1530. The summed E-state index contributed by atoms with van der Waals surface area (Å²) in [6.45, 7) is 6.43. The molecule has 1 aliphatic rings. The molecule has 1 fully saturated rings. The zero-order chi connectivity index (χ0) is 28.4. The number of amides is 1. The maximum atomic E-state index is 12.9. The molecule has 2 heterocycles. The molecule has 40 heavy (non-hydrogen) atoms. The summed E-state index contributed by atoms with van der Waals surface area (Å²) in [5.41, 5.74) is 5.82. The average Bonchev–Trinajstić information content (AvgIpc) is 3.52. The van der Waals surface area contributed by atoms with Crippen LogP contribution in [0.5, 0.6) is 5.75 Å². The van der Waals surface area contributed by atoms with Crippen LogP contribution in [0.15, 0.2) is 78.0 Å². The Labute approximate surface area is 234 Å². The number of aromatic nitrogens is 3. The predicted octanol–water partition coefficient (Wildman–Crippen LogP) is 7.08. The average molecular weight is 565 g/mol. The third kappa shape index (κ3) is 6.28. The molecular weight excluding hydrogens is 537 g/mol. The first-order valence-corrected chi connectivity index (χ1v) is 13.7. The number of halogens is 3. The van der Waals surface area contributed by atoms with Gasteiger partial charge in [-0.15, -0.1) is 30.0 Å². The number of hydrogen-bond donors (Lipinski definition) is 0. The highest BCUT2D eigenvalue weighted by Crippen LogP contribution is 2.42. The first-order chi connectivity index (χ1) is 19.1. The quantitative estimate of drug-likeness (QED) is 0.250. The summed E-state index contributed by atoms with van der Waals surface area (Å²) in [5, 5.41) is 5.31. The van der Waals surface area contributed by atoms with Crippen LogP contribution in [-0.2, 0) is 11.2 Å². The van der Waals surface area contributed by atoms with Crippen LogP contribution in [0.4, 0.5) is 13.2 Å². The van der Waals surface area contributed by atoms with E-state index in [4.69, 9.17) is 0 Å². The molecule has 0 saturated carbocycles. The lowest BCUT2D eigenvalue weighted by Gasteiger charge is -2.20. The Balaban J connectivity index is 1.26. The van der Waals surface area contributed by atoms with E-state index in [1.807, 2.05) is 24.3 Å². The van der Waals surface area contributed by atoms with Gasteiger partial charge in [0.15, 0.2) is 5.82 Å². The van der Waals surface area contributed by atoms with Gasteiger partial charge in [0.1, 0.15) is 12.1 Å². The van der Waals surface area contributed by atoms with Gasteiger partial charge in [-0.1, -0.05) is 49.4 Å². The monoisotopic (exact) mass is 564 g/mol. The summed E-state index contributed by atoms with van der Waals surface area (Å²) in [6, 6.07) is 19.0. The fourth-order valence-electron chi connectivity index (χ4n) is 4.90. The van der Waals surface area contributed by atoms with Gasteiger partial charge in [-0.05, 0) is 66.3 Å². The molecule has 5 rings (SSSR count). The number of benzene rings is 3. The zero-order valence-electron chi connectivity index (χ0n) is 22.1. The molecule has 4 aromatic rings. The highest BCUT2D eigenvalue weighted by Gasteiger charge is 2.34. The van der Waals surface area contributed by atoms with Crippen LogP contribution < -0.4 is 4.74 Å². The molecule has 1 saturated heterocycles. The number of carbonyl (C=O) groups excluding carboxylic acids is 1. The standard InChI is InChI=1S/C30H27F3N4O2S/c1-18-5-4-6-19(2)26(18)27-20(3)16-40-29(27)35-25(38)15-21-7-9-22(10-8-21)28-34-17-37(36-28)23-11-13-24(14-12-23)39-30(31,32)33/h4-14,17,20,27H,15-16H2,1-3H3. The van der Waals surface area contributed by atoms with Gasteiger partial charge in [-0.2, -0.15) is 0 Å². The van der Waals surface area contributed by atoms with Gasteiger partial charge in [0, 0.05) is 17.2 Å². The molecule has 0 bridgehead atoms. The molecule has 206 valence electrons. The molecule has 6 nitrogen and oxygen atoms in total. The van der Waals surface area contributed by atoms with E-state index in [0.717, 1.165) is 21.9 Å². The lowest BCUT2D eigenvalue weighted by molar-refractivity contribution is -0.274. The smallest absolute Gasteiger partial charge is 0.406 e. The van der Waals surface area contributed by atoms with Crippen LogP contribution in [0, 0.1) is 19.8 Å². The summed E-state index contributed by atoms with van der Waals surface area (Å²) in [4.78, 5) is 21.8. The Morgan fingerprint density at radius 2 is 1.73 bits per heavy atom. The number of nitrogens with zero attached hydrogens (tertiary/aromatic N) is 4. The van der Waals surface area contributed by atoms with E-state index in [1.54, 1.807) is 11.8 Å². The minimum atomic E-state index is -4.75. The normalized spacial score (nSPS) is 18.3. The largest absolute Gasteiger partial charge is 0.573 e. The molecule has 0 N–H and O–H groups in total. The first-order valence-electron chi connectivity index (χ1n) is 12.7. The summed E-state index contributed by atoms with van der Waals surface area (Å²) in [5.74, 6) is 1.42. The van der Waals surface area contributed by atoms with E-state index in [-0.39, 0.29) is 24.0 Å². The number of aryl methyl sites for hydroxylation is 2. The van der Waals surface area contributed by atoms with Crippen molar-refractivity contribution < 1.29 is 22.7 Å². The van der Waals surface area contributed by atoms with E-state index < -0.39 is 6.36 Å². The summed E-state index contributed by atoms with van der Waals surface area (Å²) in [6.07, 6.45) is -3.08. The van der Waals surface area contributed by atoms with Crippen LogP contribution in [-0.4, -0.2) is 37.8 Å². The van der Waals surface area contributed by atoms with E-state index >= 15 is 0 Å². The molecule has 1 amide bonds. The lowest BCUT2D eigenvalue weighted by Crippen LogP contribution is -2.17. The van der Waals surface area contributed by atoms with Gasteiger partial charge in [0.25, 0.3) is 5.91 Å². The van der Waals surface area contributed by atoms with E-state index in [1.165, 1.54) is 52.0 Å². The molecule has 0 aliphatic carbocycles. The molecule has 0 spiro atoms. The minimum absolute atomic E-state index is 0.132. The Hall–Kier alpha value is -3.92.